The van der Waals surface area contributed by atoms with Gasteiger partial charge in [-0.15, -0.1) is 0 Å². The second-order valence-corrected chi connectivity index (χ2v) is 8.08. The van der Waals surface area contributed by atoms with Gasteiger partial charge in [0, 0.05) is 12.1 Å². The summed E-state index contributed by atoms with van der Waals surface area (Å²) in [6.45, 7) is 4.48. The van der Waals surface area contributed by atoms with Crippen LogP contribution in [0.4, 0.5) is 0 Å². The molecule has 1 aliphatic rings. The highest BCUT2D eigenvalue weighted by atomic mass is 79.9. The van der Waals surface area contributed by atoms with Crippen molar-refractivity contribution in [3.8, 4) is 5.75 Å². The average molecular weight is 376 g/mol. The van der Waals surface area contributed by atoms with Crippen LogP contribution in [0.15, 0.2) is 27.6 Å². The highest BCUT2D eigenvalue weighted by Gasteiger charge is 2.27. The van der Waals surface area contributed by atoms with Crippen LogP contribution in [0.2, 0.25) is 0 Å². The zero-order chi connectivity index (χ0) is 15.5. The van der Waals surface area contributed by atoms with Gasteiger partial charge in [-0.2, -0.15) is 0 Å². The van der Waals surface area contributed by atoms with Crippen molar-refractivity contribution in [3.05, 3.63) is 22.7 Å². The largest absolute Gasteiger partial charge is 0.493 e. The lowest BCUT2D eigenvalue weighted by Gasteiger charge is -2.29. The van der Waals surface area contributed by atoms with Crippen molar-refractivity contribution in [2.45, 2.75) is 50.5 Å². The molecule has 0 aromatic heterocycles. The van der Waals surface area contributed by atoms with Crippen molar-refractivity contribution in [2.24, 2.45) is 5.92 Å². The van der Waals surface area contributed by atoms with E-state index >= 15 is 0 Å². The first-order valence-corrected chi connectivity index (χ1v) is 9.66. The Balaban J connectivity index is 2.20. The minimum Gasteiger partial charge on any atom is -0.493 e. The molecule has 2 rings (SSSR count). The Kier molecular flexibility index (Phi) is 5.68. The molecule has 0 saturated heterocycles. The number of hydrogen-bond acceptors (Lipinski definition) is 3. The molecule has 0 heterocycles. The van der Waals surface area contributed by atoms with Crippen molar-refractivity contribution in [1.29, 1.82) is 0 Å². The molecule has 1 N–H and O–H groups in total. The van der Waals surface area contributed by atoms with E-state index in [-0.39, 0.29) is 10.9 Å². The SMILES string of the molecule is CCOc1cc(S(=O)(=O)N[C@@H]2CCCC[C@@H]2C)ccc1Br. The van der Waals surface area contributed by atoms with E-state index in [2.05, 4.69) is 27.6 Å². The van der Waals surface area contributed by atoms with Crippen LogP contribution in [0.5, 0.6) is 5.75 Å². The van der Waals surface area contributed by atoms with Crippen molar-refractivity contribution in [2.75, 3.05) is 6.61 Å². The zero-order valence-corrected chi connectivity index (χ0v) is 14.8. The molecule has 21 heavy (non-hydrogen) atoms. The van der Waals surface area contributed by atoms with Crippen molar-refractivity contribution >= 4 is 26.0 Å². The van der Waals surface area contributed by atoms with Crippen LogP contribution < -0.4 is 9.46 Å². The maximum Gasteiger partial charge on any atom is 0.240 e. The number of ether oxygens (including phenoxy) is 1. The molecule has 0 radical (unpaired) electrons. The van der Waals surface area contributed by atoms with Gasteiger partial charge in [0.25, 0.3) is 0 Å². The predicted octanol–water partition coefficient (Wildman–Crippen LogP) is 3.70. The second-order valence-electron chi connectivity index (χ2n) is 5.51. The molecule has 1 fully saturated rings. The van der Waals surface area contributed by atoms with Crippen molar-refractivity contribution < 1.29 is 13.2 Å². The van der Waals surface area contributed by atoms with Crippen LogP contribution in [0.3, 0.4) is 0 Å². The molecular weight excluding hydrogens is 354 g/mol. The Hall–Kier alpha value is -0.590. The summed E-state index contributed by atoms with van der Waals surface area (Å²) in [5, 5.41) is 0. The quantitative estimate of drug-likeness (QED) is 0.853. The number of sulfonamides is 1. The summed E-state index contributed by atoms with van der Waals surface area (Å²) in [6, 6.07) is 4.92. The van der Waals surface area contributed by atoms with E-state index in [9.17, 15) is 8.42 Å². The normalized spacial score (nSPS) is 23.0. The van der Waals surface area contributed by atoms with E-state index < -0.39 is 10.0 Å². The third kappa shape index (κ3) is 4.20. The van der Waals surface area contributed by atoms with Gasteiger partial charge in [-0.05, 0) is 53.7 Å². The molecule has 0 spiro atoms. The van der Waals surface area contributed by atoms with Gasteiger partial charge >= 0.3 is 0 Å². The molecule has 4 nitrogen and oxygen atoms in total. The summed E-state index contributed by atoms with van der Waals surface area (Å²) in [5.74, 6) is 0.937. The van der Waals surface area contributed by atoms with Crippen LogP contribution in [0.1, 0.15) is 39.5 Å². The molecule has 6 heteroatoms. The topological polar surface area (TPSA) is 55.4 Å². The van der Waals surface area contributed by atoms with Gasteiger partial charge in [-0.1, -0.05) is 19.8 Å². The Bertz CT molecular complexity index is 589. The molecule has 0 amide bonds. The standard InChI is InChI=1S/C15H22BrNO3S/c1-3-20-15-10-12(8-9-13(15)16)21(18,19)17-14-7-5-4-6-11(14)2/h8-11,14,17H,3-7H2,1-2H3/t11-,14+/m0/s1. The van der Waals surface area contributed by atoms with Crippen LogP contribution in [0.25, 0.3) is 0 Å². The average Bonchev–Trinajstić information content (AvgIpc) is 2.44. The molecule has 0 unspecified atom stereocenters. The lowest BCUT2D eigenvalue weighted by Crippen LogP contribution is -2.40. The van der Waals surface area contributed by atoms with E-state index in [1.54, 1.807) is 18.2 Å². The van der Waals surface area contributed by atoms with Crippen LogP contribution in [0, 0.1) is 5.92 Å². The Morgan fingerprint density at radius 2 is 2.05 bits per heavy atom. The van der Waals surface area contributed by atoms with E-state index in [0.29, 0.717) is 18.3 Å². The highest BCUT2D eigenvalue weighted by Crippen LogP contribution is 2.29. The molecular formula is C15H22BrNO3S. The molecule has 1 aliphatic carbocycles. The molecule has 0 aliphatic heterocycles. The van der Waals surface area contributed by atoms with E-state index in [4.69, 9.17) is 4.74 Å². The van der Waals surface area contributed by atoms with Gasteiger partial charge in [-0.3, -0.25) is 0 Å². The lowest BCUT2D eigenvalue weighted by molar-refractivity contribution is 0.310. The van der Waals surface area contributed by atoms with E-state index in [0.717, 1.165) is 23.7 Å². The minimum absolute atomic E-state index is 0.0305. The third-order valence-electron chi connectivity index (χ3n) is 3.93. The summed E-state index contributed by atoms with van der Waals surface area (Å²) < 4.78 is 34.1. The van der Waals surface area contributed by atoms with Gasteiger partial charge in [0.05, 0.1) is 16.0 Å². The Morgan fingerprint density at radius 3 is 2.71 bits per heavy atom. The number of hydrogen-bond donors (Lipinski definition) is 1. The van der Waals surface area contributed by atoms with Gasteiger partial charge in [0.1, 0.15) is 5.75 Å². The zero-order valence-electron chi connectivity index (χ0n) is 12.4. The van der Waals surface area contributed by atoms with E-state index in [1.165, 1.54) is 6.42 Å². The minimum atomic E-state index is -3.50. The maximum absolute atomic E-state index is 12.5. The Labute approximate surface area is 135 Å². The van der Waals surface area contributed by atoms with Gasteiger partial charge < -0.3 is 4.74 Å². The van der Waals surface area contributed by atoms with Crippen LogP contribution in [-0.4, -0.2) is 21.1 Å². The van der Waals surface area contributed by atoms with E-state index in [1.807, 2.05) is 6.92 Å². The number of benzene rings is 1. The van der Waals surface area contributed by atoms with Gasteiger partial charge in [-0.25, -0.2) is 13.1 Å². The monoisotopic (exact) mass is 375 g/mol. The summed E-state index contributed by atoms with van der Waals surface area (Å²) in [5.41, 5.74) is 0. The summed E-state index contributed by atoms with van der Waals surface area (Å²) in [7, 11) is -3.50. The fourth-order valence-corrected chi connectivity index (χ4v) is 4.43. The maximum atomic E-state index is 12.5. The third-order valence-corrected chi connectivity index (χ3v) is 6.07. The van der Waals surface area contributed by atoms with Crippen molar-refractivity contribution in [3.63, 3.8) is 0 Å². The van der Waals surface area contributed by atoms with Crippen LogP contribution >= 0.6 is 15.9 Å². The lowest BCUT2D eigenvalue weighted by atomic mass is 9.87. The summed E-state index contributed by atoms with van der Waals surface area (Å²) in [4.78, 5) is 0.256. The second kappa shape index (κ2) is 7.11. The predicted molar refractivity (Wildman–Crippen MR) is 87.1 cm³/mol. The van der Waals surface area contributed by atoms with Gasteiger partial charge in [0.2, 0.25) is 10.0 Å². The summed E-state index contributed by atoms with van der Waals surface area (Å²) >= 11 is 3.37. The number of halogens is 1. The number of rotatable bonds is 5. The summed E-state index contributed by atoms with van der Waals surface area (Å²) in [6.07, 6.45) is 4.27. The molecule has 118 valence electrons. The molecule has 1 aromatic rings. The number of nitrogens with one attached hydrogen (secondary N) is 1. The first-order valence-electron chi connectivity index (χ1n) is 7.38. The van der Waals surface area contributed by atoms with Crippen molar-refractivity contribution in [1.82, 2.24) is 4.72 Å². The molecule has 1 saturated carbocycles. The molecule has 0 bridgehead atoms. The highest BCUT2D eigenvalue weighted by molar-refractivity contribution is 9.10. The van der Waals surface area contributed by atoms with Gasteiger partial charge in [0.15, 0.2) is 0 Å². The fourth-order valence-electron chi connectivity index (χ4n) is 2.68. The fraction of sp³-hybridized carbons (Fsp3) is 0.600. The molecule has 1 aromatic carbocycles. The smallest absolute Gasteiger partial charge is 0.240 e. The first-order chi connectivity index (χ1) is 9.94. The molecule has 2 atom stereocenters. The first kappa shape index (κ1) is 16.8. The van der Waals surface area contributed by atoms with Crippen LogP contribution in [-0.2, 0) is 10.0 Å². The Morgan fingerprint density at radius 1 is 1.33 bits per heavy atom.